The van der Waals surface area contributed by atoms with E-state index in [0.29, 0.717) is 6.54 Å². The van der Waals surface area contributed by atoms with Crippen LogP contribution in [0.5, 0.6) is 0 Å². The number of carbonyl (C=O) groups excluding carboxylic acids is 1. The van der Waals surface area contributed by atoms with Crippen LogP contribution in [-0.4, -0.2) is 18.6 Å². The lowest BCUT2D eigenvalue weighted by molar-refractivity contribution is -0.147. The molecule has 0 aromatic heterocycles. The highest BCUT2D eigenvalue weighted by Crippen LogP contribution is 2.40. The van der Waals surface area contributed by atoms with Crippen LogP contribution in [0.1, 0.15) is 53.9 Å². The molecule has 2 atom stereocenters. The first-order valence-electron chi connectivity index (χ1n) is 6.56. The quantitative estimate of drug-likeness (QED) is 0.770. The van der Waals surface area contributed by atoms with Crippen molar-refractivity contribution in [3.63, 3.8) is 0 Å². The van der Waals surface area contributed by atoms with Crippen LogP contribution in [0.15, 0.2) is 0 Å². The molecule has 100 valence electrons. The average molecular weight is 241 g/mol. The fraction of sp³-hybridized carbons (Fsp3) is 0.929. The van der Waals surface area contributed by atoms with Crippen LogP contribution >= 0.6 is 0 Å². The number of hydrogen-bond donors (Lipinski definition) is 1. The normalized spacial score (nSPS) is 26.1. The van der Waals surface area contributed by atoms with Gasteiger partial charge in [-0.25, -0.2) is 0 Å². The summed E-state index contributed by atoms with van der Waals surface area (Å²) < 4.78 is 5.50. The molecule has 0 aromatic carbocycles. The molecule has 0 aliphatic carbocycles. The van der Waals surface area contributed by atoms with Gasteiger partial charge in [-0.1, -0.05) is 34.6 Å². The highest BCUT2D eigenvalue weighted by molar-refractivity contribution is 5.75. The van der Waals surface area contributed by atoms with Gasteiger partial charge in [0.25, 0.3) is 0 Å². The van der Waals surface area contributed by atoms with Crippen molar-refractivity contribution in [1.29, 1.82) is 0 Å². The lowest BCUT2D eigenvalue weighted by atomic mass is 9.76. The van der Waals surface area contributed by atoms with E-state index in [1.165, 1.54) is 0 Å². The summed E-state index contributed by atoms with van der Waals surface area (Å²) in [5.41, 5.74) is 5.77. The molecule has 3 nitrogen and oxygen atoms in total. The molecule has 2 unspecified atom stereocenters. The molecule has 0 aromatic rings. The molecule has 1 rings (SSSR count). The third-order valence-corrected chi connectivity index (χ3v) is 3.71. The van der Waals surface area contributed by atoms with E-state index >= 15 is 0 Å². The van der Waals surface area contributed by atoms with E-state index in [9.17, 15) is 4.79 Å². The van der Waals surface area contributed by atoms with Crippen LogP contribution in [0.2, 0.25) is 0 Å². The number of esters is 1. The summed E-state index contributed by atoms with van der Waals surface area (Å²) in [5, 5.41) is 0. The van der Waals surface area contributed by atoms with Crippen molar-refractivity contribution in [2.45, 2.75) is 60.0 Å². The van der Waals surface area contributed by atoms with Crippen molar-refractivity contribution in [2.24, 2.45) is 22.5 Å². The third-order valence-electron chi connectivity index (χ3n) is 3.71. The summed E-state index contributed by atoms with van der Waals surface area (Å²) in [4.78, 5) is 11.8. The van der Waals surface area contributed by atoms with Crippen LogP contribution in [0, 0.1) is 16.7 Å². The van der Waals surface area contributed by atoms with E-state index in [2.05, 4.69) is 34.6 Å². The number of carbonyl (C=O) groups is 1. The maximum atomic E-state index is 11.8. The van der Waals surface area contributed by atoms with E-state index < -0.39 is 0 Å². The lowest BCUT2D eigenvalue weighted by Crippen LogP contribution is -2.25. The van der Waals surface area contributed by atoms with E-state index in [0.717, 1.165) is 19.3 Å². The zero-order valence-electron chi connectivity index (χ0n) is 11.9. The smallest absolute Gasteiger partial charge is 0.309 e. The van der Waals surface area contributed by atoms with Gasteiger partial charge in [0.05, 0.1) is 5.92 Å². The Bertz CT molecular complexity index is 278. The second kappa shape index (κ2) is 4.97. The van der Waals surface area contributed by atoms with Gasteiger partial charge in [-0.2, -0.15) is 0 Å². The Hall–Kier alpha value is -0.570. The minimum Gasteiger partial charge on any atom is -0.462 e. The van der Waals surface area contributed by atoms with Gasteiger partial charge in [-0.05, 0) is 36.6 Å². The van der Waals surface area contributed by atoms with Crippen molar-refractivity contribution in [3.8, 4) is 0 Å². The van der Waals surface area contributed by atoms with Crippen molar-refractivity contribution in [1.82, 2.24) is 0 Å². The lowest BCUT2D eigenvalue weighted by Gasteiger charge is -2.27. The number of nitrogens with two attached hydrogens (primary N) is 1. The van der Waals surface area contributed by atoms with Crippen molar-refractivity contribution >= 4 is 5.97 Å². The summed E-state index contributed by atoms with van der Waals surface area (Å²) in [6.07, 6.45) is 2.83. The molecule has 17 heavy (non-hydrogen) atoms. The van der Waals surface area contributed by atoms with Crippen LogP contribution in [-0.2, 0) is 9.53 Å². The van der Waals surface area contributed by atoms with Crippen molar-refractivity contribution in [3.05, 3.63) is 0 Å². The van der Waals surface area contributed by atoms with E-state index in [1.54, 1.807) is 0 Å². The molecule has 0 amide bonds. The van der Waals surface area contributed by atoms with Gasteiger partial charge in [0.1, 0.15) is 6.10 Å². The Kier molecular flexibility index (Phi) is 4.23. The Morgan fingerprint density at radius 1 is 1.29 bits per heavy atom. The van der Waals surface area contributed by atoms with Gasteiger partial charge >= 0.3 is 5.97 Å². The molecular formula is C14H27NO2. The first-order valence-corrected chi connectivity index (χ1v) is 6.56. The van der Waals surface area contributed by atoms with E-state index in [4.69, 9.17) is 10.5 Å². The maximum Gasteiger partial charge on any atom is 0.309 e. The van der Waals surface area contributed by atoms with Crippen LogP contribution in [0.25, 0.3) is 0 Å². The van der Waals surface area contributed by atoms with Gasteiger partial charge < -0.3 is 10.5 Å². The Morgan fingerprint density at radius 2 is 1.88 bits per heavy atom. The molecule has 0 saturated carbocycles. The molecule has 3 heteroatoms. The fourth-order valence-corrected chi connectivity index (χ4v) is 2.59. The highest BCUT2D eigenvalue weighted by Gasteiger charge is 2.42. The van der Waals surface area contributed by atoms with Crippen LogP contribution < -0.4 is 5.73 Å². The highest BCUT2D eigenvalue weighted by atomic mass is 16.6. The number of hydrogen-bond acceptors (Lipinski definition) is 3. The Morgan fingerprint density at radius 3 is 2.29 bits per heavy atom. The summed E-state index contributed by atoms with van der Waals surface area (Å²) >= 11 is 0. The minimum absolute atomic E-state index is 0.00381. The van der Waals surface area contributed by atoms with Gasteiger partial charge in [0, 0.05) is 0 Å². The summed E-state index contributed by atoms with van der Waals surface area (Å²) in [5.74, 6) is 0.0206. The summed E-state index contributed by atoms with van der Waals surface area (Å²) in [6, 6.07) is 0. The van der Waals surface area contributed by atoms with Crippen LogP contribution in [0.3, 0.4) is 0 Å². The van der Waals surface area contributed by atoms with Crippen molar-refractivity contribution in [2.75, 3.05) is 6.54 Å². The predicted molar refractivity (Wildman–Crippen MR) is 69.5 cm³/mol. The molecule has 2 N–H and O–H groups in total. The molecule has 1 heterocycles. The number of cyclic esters (lactones) is 1. The van der Waals surface area contributed by atoms with Gasteiger partial charge in [0.2, 0.25) is 0 Å². The van der Waals surface area contributed by atoms with Crippen molar-refractivity contribution < 1.29 is 9.53 Å². The fourth-order valence-electron chi connectivity index (χ4n) is 2.59. The minimum atomic E-state index is -0.0222. The SMILES string of the molecule is CC(C)(CCN)CC1CC(C(C)(C)C)C(=O)O1. The molecule has 1 aliphatic heterocycles. The van der Waals surface area contributed by atoms with Gasteiger partial charge in [-0.15, -0.1) is 0 Å². The van der Waals surface area contributed by atoms with Gasteiger partial charge in [0.15, 0.2) is 0 Å². The largest absolute Gasteiger partial charge is 0.462 e. The van der Waals surface area contributed by atoms with E-state index in [-0.39, 0.29) is 28.8 Å². The van der Waals surface area contributed by atoms with E-state index in [1.807, 2.05) is 0 Å². The monoisotopic (exact) mass is 241 g/mol. The zero-order chi connectivity index (χ0) is 13.3. The molecule has 1 aliphatic rings. The molecule has 0 bridgehead atoms. The number of ether oxygens (including phenoxy) is 1. The molecule has 0 spiro atoms. The second-order valence-electron chi connectivity index (χ2n) is 7.12. The topological polar surface area (TPSA) is 52.3 Å². The number of rotatable bonds is 4. The predicted octanol–water partition coefficient (Wildman–Crippen LogP) is 2.73. The first-order chi connectivity index (χ1) is 7.65. The molecular weight excluding hydrogens is 214 g/mol. The molecule has 1 saturated heterocycles. The molecule has 0 radical (unpaired) electrons. The first kappa shape index (κ1) is 14.5. The standard InChI is InChI=1S/C14H27NO2/c1-13(2,3)11-8-10(17-12(11)16)9-14(4,5)6-7-15/h10-11H,6-9,15H2,1-5H3. The zero-order valence-corrected chi connectivity index (χ0v) is 11.9. The summed E-state index contributed by atoms with van der Waals surface area (Å²) in [6.45, 7) is 11.4. The second-order valence-corrected chi connectivity index (χ2v) is 7.12. The maximum absolute atomic E-state index is 11.8. The van der Waals surface area contributed by atoms with Crippen LogP contribution in [0.4, 0.5) is 0 Å². The Labute approximate surface area is 105 Å². The third kappa shape index (κ3) is 3.98. The summed E-state index contributed by atoms with van der Waals surface area (Å²) in [7, 11) is 0. The average Bonchev–Trinajstić information content (AvgIpc) is 2.44. The molecule has 1 fully saturated rings. The Balaban J connectivity index is 2.58. The van der Waals surface area contributed by atoms with Gasteiger partial charge in [-0.3, -0.25) is 4.79 Å².